The molecule has 0 atom stereocenters. The number of anilines is 1. The van der Waals surface area contributed by atoms with Crippen molar-refractivity contribution in [2.45, 2.75) is 0 Å². The van der Waals surface area contributed by atoms with Gasteiger partial charge >= 0.3 is 0 Å². The maximum atomic E-state index is 5.43. The van der Waals surface area contributed by atoms with Gasteiger partial charge in [-0.05, 0) is 44.0 Å². The van der Waals surface area contributed by atoms with E-state index in [0.29, 0.717) is 5.82 Å². The Morgan fingerprint density at radius 3 is 2.44 bits per heavy atom. The summed E-state index contributed by atoms with van der Waals surface area (Å²) in [7, 11) is 0. The van der Waals surface area contributed by atoms with Crippen LogP contribution in [0.5, 0.6) is 0 Å². The molecule has 0 unspecified atom stereocenters. The first kappa shape index (κ1) is 7.02. The van der Waals surface area contributed by atoms with Crippen LogP contribution in [0.25, 0.3) is 0 Å². The van der Waals surface area contributed by atoms with E-state index in [0.717, 1.165) is 9.08 Å². The third-order valence-electron chi connectivity index (χ3n) is 0.839. The van der Waals surface area contributed by atoms with E-state index in [2.05, 4.69) is 36.8 Å². The zero-order valence-corrected chi connectivity index (χ0v) is 7.61. The minimum atomic E-state index is 0.504. The van der Waals surface area contributed by atoms with Crippen molar-refractivity contribution in [3.8, 4) is 0 Å². The number of pyridine rings is 1. The molecule has 9 heavy (non-hydrogen) atoms. The fourth-order valence-electron chi connectivity index (χ4n) is 0.433. The van der Waals surface area contributed by atoms with E-state index >= 15 is 0 Å². The molecule has 1 rings (SSSR count). The van der Waals surface area contributed by atoms with Crippen molar-refractivity contribution in [2.24, 2.45) is 0 Å². The smallest absolute Gasteiger partial charge is 0.139 e. The predicted molar refractivity (Wildman–Crippen MR) is 44.0 cm³/mol. The number of nitrogens with two attached hydrogens (primary N) is 1. The second-order valence-electron chi connectivity index (χ2n) is 1.50. The first-order valence-corrected chi connectivity index (χ1v) is 3.86. The SMILES string of the molecule is Nc1nc(Br)ccc1Br. The highest BCUT2D eigenvalue weighted by Gasteiger charge is 1.94. The Balaban J connectivity index is 3.17. The van der Waals surface area contributed by atoms with Crippen LogP contribution in [0, 0.1) is 0 Å². The number of hydrogen-bond acceptors (Lipinski definition) is 2. The van der Waals surface area contributed by atoms with Crippen molar-refractivity contribution < 1.29 is 0 Å². The molecule has 1 aromatic rings. The van der Waals surface area contributed by atoms with E-state index in [9.17, 15) is 0 Å². The predicted octanol–water partition coefficient (Wildman–Crippen LogP) is 2.19. The fraction of sp³-hybridized carbons (Fsp3) is 0. The van der Waals surface area contributed by atoms with Crippen molar-refractivity contribution in [1.29, 1.82) is 0 Å². The molecule has 0 aliphatic carbocycles. The van der Waals surface area contributed by atoms with Gasteiger partial charge in [-0.3, -0.25) is 0 Å². The van der Waals surface area contributed by atoms with E-state index in [1.807, 2.05) is 12.1 Å². The van der Waals surface area contributed by atoms with Crippen molar-refractivity contribution in [3.63, 3.8) is 0 Å². The molecule has 1 heterocycles. The average molecular weight is 252 g/mol. The van der Waals surface area contributed by atoms with E-state index in [1.165, 1.54) is 0 Å². The van der Waals surface area contributed by atoms with Crippen LogP contribution in [0.1, 0.15) is 0 Å². The van der Waals surface area contributed by atoms with Crippen molar-refractivity contribution in [2.75, 3.05) is 5.73 Å². The van der Waals surface area contributed by atoms with Crippen molar-refractivity contribution >= 4 is 37.7 Å². The summed E-state index contributed by atoms with van der Waals surface area (Å²) < 4.78 is 1.58. The van der Waals surface area contributed by atoms with Crippen molar-refractivity contribution in [1.82, 2.24) is 4.98 Å². The van der Waals surface area contributed by atoms with Gasteiger partial charge in [-0.1, -0.05) is 0 Å². The van der Waals surface area contributed by atoms with Gasteiger partial charge in [0.15, 0.2) is 0 Å². The lowest BCUT2D eigenvalue weighted by Gasteiger charge is -1.94. The highest BCUT2D eigenvalue weighted by Crippen LogP contribution is 2.18. The third-order valence-corrected chi connectivity index (χ3v) is 1.95. The Kier molecular flexibility index (Phi) is 2.08. The second-order valence-corrected chi connectivity index (χ2v) is 3.17. The highest BCUT2D eigenvalue weighted by atomic mass is 79.9. The van der Waals surface area contributed by atoms with Gasteiger partial charge in [0, 0.05) is 0 Å². The first-order chi connectivity index (χ1) is 4.20. The zero-order chi connectivity index (χ0) is 6.85. The van der Waals surface area contributed by atoms with Crippen LogP contribution in [-0.4, -0.2) is 4.98 Å². The van der Waals surface area contributed by atoms with Crippen LogP contribution in [0.2, 0.25) is 0 Å². The Labute approximate surface area is 69.7 Å². The largest absolute Gasteiger partial charge is 0.383 e. The summed E-state index contributed by atoms with van der Waals surface area (Å²) in [5.74, 6) is 0.504. The molecular weight excluding hydrogens is 248 g/mol. The standard InChI is InChI=1S/C5H4Br2N2/c6-3-1-2-4(7)9-5(3)8/h1-2H,(H2,8,9). The maximum Gasteiger partial charge on any atom is 0.139 e. The van der Waals surface area contributed by atoms with Crippen LogP contribution in [-0.2, 0) is 0 Å². The molecule has 0 bridgehead atoms. The summed E-state index contributed by atoms with van der Waals surface area (Å²) in [5, 5.41) is 0. The lowest BCUT2D eigenvalue weighted by molar-refractivity contribution is 1.27. The molecule has 0 radical (unpaired) electrons. The molecule has 0 amide bonds. The topological polar surface area (TPSA) is 38.9 Å². The zero-order valence-electron chi connectivity index (χ0n) is 4.44. The molecule has 2 N–H and O–H groups in total. The van der Waals surface area contributed by atoms with E-state index in [1.54, 1.807) is 0 Å². The Hall–Kier alpha value is -0.0900. The Morgan fingerprint density at radius 1 is 1.33 bits per heavy atom. The molecule has 4 heteroatoms. The molecule has 48 valence electrons. The minimum Gasteiger partial charge on any atom is -0.383 e. The molecule has 0 spiro atoms. The minimum absolute atomic E-state index is 0.504. The van der Waals surface area contributed by atoms with Gasteiger partial charge in [0.05, 0.1) is 4.47 Å². The summed E-state index contributed by atoms with van der Waals surface area (Å²) in [6, 6.07) is 3.66. The molecule has 0 aliphatic heterocycles. The number of rotatable bonds is 0. The second kappa shape index (κ2) is 2.66. The van der Waals surface area contributed by atoms with Gasteiger partial charge in [0.1, 0.15) is 10.4 Å². The van der Waals surface area contributed by atoms with Crippen LogP contribution < -0.4 is 5.73 Å². The lowest BCUT2D eigenvalue weighted by atomic mass is 10.5. The summed E-state index contributed by atoms with van der Waals surface area (Å²) >= 11 is 6.41. The number of aromatic nitrogens is 1. The number of hydrogen-bond donors (Lipinski definition) is 1. The summed E-state index contributed by atoms with van der Waals surface area (Å²) in [6.07, 6.45) is 0. The number of halogens is 2. The molecule has 1 aromatic heterocycles. The quantitative estimate of drug-likeness (QED) is 0.718. The van der Waals surface area contributed by atoms with E-state index in [4.69, 9.17) is 5.73 Å². The van der Waals surface area contributed by atoms with Crippen LogP contribution in [0.15, 0.2) is 21.2 Å². The molecular formula is C5H4Br2N2. The molecule has 2 nitrogen and oxygen atoms in total. The normalized spacial score (nSPS) is 9.56. The summed E-state index contributed by atoms with van der Waals surface area (Å²) in [4.78, 5) is 3.92. The molecule has 0 saturated heterocycles. The van der Waals surface area contributed by atoms with Gasteiger partial charge in [-0.25, -0.2) is 4.98 Å². The lowest BCUT2D eigenvalue weighted by Crippen LogP contribution is -1.90. The highest BCUT2D eigenvalue weighted by molar-refractivity contribution is 9.11. The van der Waals surface area contributed by atoms with Crippen molar-refractivity contribution in [3.05, 3.63) is 21.2 Å². The average Bonchev–Trinajstić information content (AvgIpc) is 1.80. The monoisotopic (exact) mass is 250 g/mol. The van der Waals surface area contributed by atoms with Gasteiger partial charge < -0.3 is 5.73 Å². The molecule has 0 aliphatic rings. The number of nitrogens with zero attached hydrogens (tertiary/aromatic N) is 1. The number of nitrogen functional groups attached to an aromatic ring is 1. The van der Waals surface area contributed by atoms with E-state index in [-0.39, 0.29) is 0 Å². The molecule has 0 aromatic carbocycles. The van der Waals surface area contributed by atoms with Crippen LogP contribution >= 0.6 is 31.9 Å². The maximum absolute atomic E-state index is 5.43. The van der Waals surface area contributed by atoms with Crippen LogP contribution in [0.4, 0.5) is 5.82 Å². The Morgan fingerprint density at radius 2 is 2.00 bits per heavy atom. The first-order valence-electron chi connectivity index (χ1n) is 2.27. The molecule has 0 saturated carbocycles. The van der Waals surface area contributed by atoms with Gasteiger partial charge in [-0.15, -0.1) is 0 Å². The van der Waals surface area contributed by atoms with Gasteiger partial charge in [0.2, 0.25) is 0 Å². The van der Waals surface area contributed by atoms with Gasteiger partial charge in [-0.2, -0.15) is 0 Å². The third kappa shape index (κ3) is 1.66. The fourth-order valence-corrected chi connectivity index (χ4v) is 0.977. The Bertz CT molecular complexity index is 224. The van der Waals surface area contributed by atoms with E-state index < -0.39 is 0 Å². The summed E-state index contributed by atoms with van der Waals surface area (Å²) in [6.45, 7) is 0. The van der Waals surface area contributed by atoms with Crippen LogP contribution in [0.3, 0.4) is 0 Å². The van der Waals surface area contributed by atoms with Gasteiger partial charge in [0.25, 0.3) is 0 Å². The molecule has 0 fully saturated rings. The summed E-state index contributed by atoms with van der Waals surface area (Å²) in [5.41, 5.74) is 5.43.